The van der Waals surface area contributed by atoms with Crippen molar-refractivity contribution >= 4 is 21.6 Å². The molecule has 0 amide bonds. The Morgan fingerprint density at radius 1 is 1.16 bits per heavy atom. The van der Waals surface area contributed by atoms with Crippen molar-refractivity contribution in [2.75, 3.05) is 0 Å². The van der Waals surface area contributed by atoms with Gasteiger partial charge < -0.3 is 5.32 Å². The Hall–Kier alpha value is -0.930. The molecule has 2 aliphatic carbocycles. The van der Waals surface area contributed by atoms with Crippen LogP contribution >= 0.6 is 11.3 Å². The van der Waals surface area contributed by atoms with Gasteiger partial charge in [0.05, 0.1) is 16.3 Å². The van der Waals surface area contributed by atoms with Crippen LogP contribution in [0.1, 0.15) is 43.7 Å². The second-order valence-corrected chi connectivity index (χ2v) is 7.17. The van der Waals surface area contributed by atoms with E-state index >= 15 is 0 Å². The molecule has 100 valence electrons. The molecule has 4 rings (SSSR count). The first kappa shape index (κ1) is 11.9. The number of para-hydroxylation sites is 1. The highest BCUT2D eigenvalue weighted by atomic mass is 32.1. The number of nitrogens with zero attached hydrogens (tertiary/aromatic N) is 1. The first-order valence-corrected chi connectivity index (χ1v) is 8.24. The Balaban J connectivity index is 1.53. The molecule has 3 heteroatoms. The van der Waals surface area contributed by atoms with E-state index in [1.54, 1.807) is 0 Å². The van der Waals surface area contributed by atoms with Gasteiger partial charge in [0.1, 0.15) is 5.01 Å². The first-order chi connectivity index (χ1) is 9.31. The number of aromatic nitrogens is 1. The van der Waals surface area contributed by atoms with Gasteiger partial charge in [-0.15, -0.1) is 11.3 Å². The van der Waals surface area contributed by atoms with Crippen LogP contribution in [-0.2, 0) is 0 Å². The molecule has 19 heavy (non-hydrogen) atoms. The number of fused-ring (bicyclic) bond motifs is 1. The lowest BCUT2D eigenvalue weighted by molar-refractivity contribution is 0.377. The number of nitrogens with one attached hydrogen (secondary N) is 1. The minimum Gasteiger partial charge on any atom is -0.305 e. The molecule has 1 atom stereocenters. The van der Waals surface area contributed by atoms with Gasteiger partial charge in [-0.2, -0.15) is 0 Å². The van der Waals surface area contributed by atoms with Crippen molar-refractivity contribution in [2.24, 2.45) is 11.8 Å². The standard InChI is InChI=1S/C16H20N2S/c1-10(17-15(11-6-7-11)12-8-9-12)16-18-13-4-2-3-5-14(13)19-16/h2-5,10-12,15,17H,6-9H2,1H3. The third-order valence-corrected chi connectivity index (χ3v) is 5.60. The molecule has 0 radical (unpaired) electrons. The Morgan fingerprint density at radius 3 is 2.47 bits per heavy atom. The van der Waals surface area contributed by atoms with Gasteiger partial charge in [0.15, 0.2) is 0 Å². The fourth-order valence-corrected chi connectivity index (χ4v) is 3.98. The van der Waals surface area contributed by atoms with Gasteiger partial charge in [-0.05, 0) is 56.6 Å². The maximum Gasteiger partial charge on any atom is 0.111 e. The molecular weight excluding hydrogens is 252 g/mol. The van der Waals surface area contributed by atoms with E-state index in [0.717, 1.165) is 23.4 Å². The SMILES string of the molecule is CC(NC(C1CC1)C1CC1)c1nc2ccccc2s1. The van der Waals surface area contributed by atoms with Gasteiger partial charge in [0.2, 0.25) is 0 Å². The van der Waals surface area contributed by atoms with Gasteiger partial charge >= 0.3 is 0 Å². The fourth-order valence-electron chi connectivity index (χ4n) is 3.00. The van der Waals surface area contributed by atoms with Crippen molar-refractivity contribution in [1.29, 1.82) is 0 Å². The third kappa shape index (κ3) is 2.41. The lowest BCUT2D eigenvalue weighted by atomic mass is 10.1. The van der Waals surface area contributed by atoms with E-state index in [4.69, 9.17) is 4.98 Å². The molecule has 1 unspecified atom stereocenters. The van der Waals surface area contributed by atoms with Crippen molar-refractivity contribution in [1.82, 2.24) is 10.3 Å². The molecule has 0 aliphatic heterocycles. The maximum absolute atomic E-state index is 4.78. The summed E-state index contributed by atoms with van der Waals surface area (Å²) < 4.78 is 1.31. The van der Waals surface area contributed by atoms with Crippen molar-refractivity contribution in [3.63, 3.8) is 0 Å². The molecule has 0 saturated heterocycles. The van der Waals surface area contributed by atoms with Crippen LogP contribution in [0.25, 0.3) is 10.2 Å². The Bertz CT molecular complexity index is 538. The summed E-state index contributed by atoms with van der Waals surface area (Å²) in [4.78, 5) is 4.78. The molecule has 1 N–H and O–H groups in total. The number of rotatable bonds is 5. The van der Waals surface area contributed by atoms with Gasteiger partial charge in [0.25, 0.3) is 0 Å². The van der Waals surface area contributed by atoms with Crippen molar-refractivity contribution in [3.05, 3.63) is 29.3 Å². The van der Waals surface area contributed by atoms with Crippen LogP contribution in [0.15, 0.2) is 24.3 Å². The van der Waals surface area contributed by atoms with Crippen LogP contribution in [0, 0.1) is 11.8 Å². The van der Waals surface area contributed by atoms with E-state index in [0.29, 0.717) is 6.04 Å². The largest absolute Gasteiger partial charge is 0.305 e. The number of hydrogen-bond donors (Lipinski definition) is 1. The topological polar surface area (TPSA) is 24.9 Å². The Morgan fingerprint density at radius 2 is 1.84 bits per heavy atom. The Kier molecular flexibility index (Phi) is 2.85. The Labute approximate surface area is 118 Å². The molecule has 2 aromatic rings. The summed E-state index contributed by atoms with van der Waals surface area (Å²) in [5.74, 6) is 1.90. The fraction of sp³-hybridized carbons (Fsp3) is 0.562. The first-order valence-electron chi connectivity index (χ1n) is 7.43. The molecule has 1 aromatic carbocycles. The summed E-state index contributed by atoms with van der Waals surface area (Å²) >= 11 is 1.84. The number of benzene rings is 1. The molecule has 2 saturated carbocycles. The van der Waals surface area contributed by atoms with E-state index in [2.05, 4.69) is 36.5 Å². The molecule has 1 aromatic heterocycles. The second kappa shape index (κ2) is 4.57. The van der Waals surface area contributed by atoms with Crippen LogP contribution in [-0.4, -0.2) is 11.0 Å². The minimum atomic E-state index is 0.392. The van der Waals surface area contributed by atoms with Crippen LogP contribution in [0.2, 0.25) is 0 Å². The maximum atomic E-state index is 4.78. The summed E-state index contributed by atoms with van der Waals surface area (Å²) in [5, 5.41) is 5.11. The zero-order valence-corrected chi connectivity index (χ0v) is 12.1. The van der Waals surface area contributed by atoms with E-state index in [1.165, 1.54) is 35.4 Å². The highest BCUT2D eigenvalue weighted by Crippen LogP contribution is 2.45. The van der Waals surface area contributed by atoms with Gasteiger partial charge in [-0.25, -0.2) is 4.98 Å². The van der Waals surface area contributed by atoms with E-state index in [9.17, 15) is 0 Å². The lowest BCUT2D eigenvalue weighted by Crippen LogP contribution is -2.35. The molecular formula is C16H20N2S. The molecule has 2 aliphatic rings. The van der Waals surface area contributed by atoms with E-state index in [1.807, 2.05) is 11.3 Å². The van der Waals surface area contributed by atoms with E-state index in [-0.39, 0.29) is 0 Å². The molecule has 2 nitrogen and oxygen atoms in total. The third-order valence-electron chi connectivity index (χ3n) is 4.38. The summed E-state index contributed by atoms with van der Waals surface area (Å²) in [6, 6.07) is 9.59. The smallest absolute Gasteiger partial charge is 0.111 e. The minimum absolute atomic E-state index is 0.392. The molecule has 2 fully saturated rings. The predicted octanol–water partition coefficient (Wildman–Crippen LogP) is 4.14. The molecule has 0 bridgehead atoms. The monoisotopic (exact) mass is 272 g/mol. The van der Waals surface area contributed by atoms with Crippen LogP contribution < -0.4 is 5.32 Å². The van der Waals surface area contributed by atoms with E-state index < -0.39 is 0 Å². The predicted molar refractivity (Wildman–Crippen MR) is 80.4 cm³/mol. The van der Waals surface area contributed by atoms with Crippen LogP contribution in [0.4, 0.5) is 0 Å². The van der Waals surface area contributed by atoms with Gasteiger partial charge in [0, 0.05) is 6.04 Å². The zero-order chi connectivity index (χ0) is 12.8. The van der Waals surface area contributed by atoms with Crippen molar-refractivity contribution < 1.29 is 0 Å². The highest BCUT2D eigenvalue weighted by molar-refractivity contribution is 7.18. The normalized spacial score (nSPS) is 21.2. The average Bonchev–Trinajstić information content (AvgIpc) is 3.32. The number of hydrogen-bond acceptors (Lipinski definition) is 3. The van der Waals surface area contributed by atoms with Crippen LogP contribution in [0.5, 0.6) is 0 Å². The molecule has 0 spiro atoms. The second-order valence-electron chi connectivity index (χ2n) is 6.11. The quantitative estimate of drug-likeness (QED) is 0.885. The highest BCUT2D eigenvalue weighted by Gasteiger charge is 2.42. The number of thiazole rings is 1. The molecule has 1 heterocycles. The summed E-state index contributed by atoms with van der Waals surface area (Å²) in [6.45, 7) is 2.27. The lowest BCUT2D eigenvalue weighted by Gasteiger charge is -2.21. The van der Waals surface area contributed by atoms with Crippen LogP contribution in [0.3, 0.4) is 0 Å². The summed E-state index contributed by atoms with van der Waals surface area (Å²) in [5.41, 5.74) is 1.14. The average molecular weight is 272 g/mol. The van der Waals surface area contributed by atoms with Crippen molar-refractivity contribution in [2.45, 2.75) is 44.7 Å². The zero-order valence-electron chi connectivity index (χ0n) is 11.3. The summed E-state index contributed by atoms with van der Waals surface area (Å²) in [7, 11) is 0. The summed E-state index contributed by atoms with van der Waals surface area (Å²) in [6.07, 6.45) is 5.73. The van der Waals surface area contributed by atoms with Crippen molar-refractivity contribution in [3.8, 4) is 0 Å². The van der Waals surface area contributed by atoms with Gasteiger partial charge in [-0.3, -0.25) is 0 Å². The van der Waals surface area contributed by atoms with Gasteiger partial charge in [-0.1, -0.05) is 12.1 Å².